The van der Waals surface area contributed by atoms with Gasteiger partial charge in [-0.1, -0.05) is 70.2 Å². The topological polar surface area (TPSA) is 75.6 Å². The number of rotatable bonds is 11. The van der Waals surface area contributed by atoms with Gasteiger partial charge in [-0.3, -0.25) is 9.59 Å². The van der Waals surface area contributed by atoms with Crippen LogP contribution in [0.25, 0.3) is 11.1 Å². The number of benzene rings is 3. The fourth-order valence-corrected chi connectivity index (χ4v) is 3.91. The molecule has 2 N–H and O–H groups in total. The van der Waals surface area contributed by atoms with Crippen molar-refractivity contribution >= 4 is 11.9 Å². The van der Waals surface area contributed by atoms with Crippen molar-refractivity contribution in [2.24, 2.45) is 5.92 Å². The maximum atomic E-state index is 14.5. The molecule has 0 bridgehead atoms. The minimum absolute atomic E-state index is 0.00230. The van der Waals surface area contributed by atoms with Crippen LogP contribution in [0.5, 0.6) is 5.75 Å². The molecule has 1 unspecified atom stereocenters. The molecular weight excluding hydrogens is 469 g/mol. The van der Waals surface area contributed by atoms with Gasteiger partial charge in [-0.2, -0.15) is 0 Å². The molecule has 37 heavy (non-hydrogen) atoms. The van der Waals surface area contributed by atoms with Gasteiger partial charge in [0.25, 0.3) is 5.91 Å². The van der Waals surface area contributed by atoms with Gasteiger partial charge >= 0.3 is 5.97 Å². The van der Waals surface area contributed by atoms with Crippen molar-refractivity contribution in [3.63, 3.8) is 0 Å². The largest absolute Gasteiger partial charge is 0.493 e. The zero-order chi connectivity index (χ0) is 27.0. The molecule has 0 aliphatic heterocycles. The Morgan fingerprint density at radius 1 is 0.973 bits per heavy atom. The first kappa shape index (κ1) is 27.9. The van der Waals surface area contributed by atoms with Gasteiger partial charge in [0.2, 0.25) is 0 Å². The Balaban J connectivity index is 1.46. The maximum absolute atomic E-state index is 14.5. The summed E-state index contributed by atoms with van der Waals surface area (Å²) in [6.45, 7) is 9.20. The molecule has 0 saturated carbocycles. The molecule has 196 valence electrons. The van der Waals surface area contributed by atoms with Crippen LogP contribution in [0.4, 0.5) is 4.39 Å². The number of carboxylic acids is 1. The van der Waals surface area contributed by atoms with Crippen LogP contribution in [0.15, 0.2) is 66.7 Å². The highest BCUT2D eigenvalue weighted by molar-refractivity contribution is 5.94. The molecule has 0 aliphatic carbocycles. The smallest absolute Gasteiger partial charge is 0.305 e. The Morgan fingerprint density at radius 2 is 1.59 bits per heavy atom. The molecule has 0 aromatic heterocycles. The monoisotopic (exact) mass is 505 g/mol. The molecular formula is C31H36FNO4. The van der Waals surface area contributed by atoms with E-state index in [0.717, 1.165) is 17.7 Å². The van der Waals surface area contributed by atoms with E-state index in [1.54, 1.807) is 12.1 Å². The van der Waals surface area contributed by atoms with Crippen molar-refractivity contribution in [1.82, 2.24) is 5.32 Å². The van der Waals surface area contributed by atoms with Crippen LogP contribution in [0.1, 0.15) is 62.0 Å². The van der Waals surface area contributed by atoms with E-state index in [0.29, 0.717) is 18.6 Å². The molecule has 3 aromatic rings. The van der Waals surface area contributed by atoms with Gasteiger partial charge in [-0.25, -0.2) is 4.39 Å². The van der Waals surface area contributed by atoms with E-state index in [1.807, 2.05) is 12.1 Å². The number of aliphatic carboxylic acids is 1. The van der Waals surface area contributed by atoms with Crippen LogP contribution in [-0.2, 0) is 16.6 Å². The van der Waals surface area contributed by atoms with Crippen molar-refractivity contribution in [3.8, 4) is 16.9 Å². The first-order chi connectivity index (χ1) is 17.5. The van der Waals surface area contributed by atoms with Crippen molar-refractivity contribution in [3.05, 3.63) is 89.2 Å². The van der Waals surface area contributed by atoms with E-state index < -0.39 is 17.7 Å². The molecule has 0 heterocycles. The SMILES string of the molecule is CC(CCc1ccc(C(=O)NCCC(=O)O)cc1F)COc1ccc(-c2ccc(C(C)(C)C)cc2)cc1. The van der Waals surface area contributed by atoms with Crippen LogP contribution in [0.3, 0.4) is 0 Å². The zero-order valence-electron chi connectivity index (χ0n) is 22.0. The van der Waals surface area contributed by atoms with Crippen molar-refractivity contribution in [2.75, 3.05) is 13.2 Å². The number of hydrogen-bond acceptors (Lipinski definition) is 3. The summed E-state index contributed by atoms with van der Waals surface area (Å²) in [5.74, 6) is -0.917. The van der Waals surface area contributed by atoms with Gasteiger partial charge in [-0.05, 0) is 70.7 Å². The molecule has 0 fully saturated rings. The quantitative estimate of drug-likeness (QED) is 0.306. The second-order valence-electron chi connectivity index (χ2n) is 10.5. The second-order valence-corrected chi connectivity index (χ2v) is 10.5. The van der Waals surface area contributed by atoms with Crippen LogP contribution in [0.2, 0.25) is 0 Å². The summed E-state index contributed by atoms with van der Waals surface area (Å²) in [5.41, 5.74) is 4.45. The van der Waals surface area contributed by atoms with Gasteiger partial charge in [0, 0.05) is 12.1 Å². The number of carbonyl (C=O) groups excluding carboxylic acids is 1. The normalized spacial score (nSPS) is 12.1. The van der Waals surface area contributed by atoms with Gasteiger partial charge in [0.1, 0.15) is 11.6 Å². The van der Waals surface area contributed by atoms with Crippen LogP contribution in [-0.4, -0.2) is 30.1 Å². The standard InChI is InChI=1S/C31H36FNO4/c1-21(5-6-24-7-8-25(19-28(24)32)30(36)33-18-17-29(34)35)20-37-27-15-11-23(12-16-27)22-9-13-26(14-10-22)31(2,3)4/h7-16,19,21H,5-6,17-18,20H2,1-4H3,(H,33,36)(H,34,35). The summed E-state index contributed by atoms with van der Waals surface area (Å²) in [6, 6.07) is 21.1. The Kier molecular flexibility index (Phi) is 9.45. The van der Waals surface area contributed by atoms with E-state index in [1.165, 1.54) is 17.2 Å². The molecule has 5 nitrogen and oxygen atoms in total. The molecule has 0 aliphatic rings. The molecule has 3 rings (SSSR count). The first-order valence-electron chi connectivity index (χ1n) is 12.6. The summed E-state index contributed by atoms with van der Waals surface area (Å²) in [7, 11) is 0. The Labute approximate surface area is 218 Å². The number of aryl methyl sites for hydroxylation is 1. The Bertz CT molecular complexity index is 1200. The molecule has 0 radical (unpaired) electrons. The average Bonchev–Trinajstić information content (AvgIpc) is 2.86. The fourth-order valence-electron chi connectivity index (χ4n) is 3.91. The van der Waals surface area contributed by atoms with Crippen molar-refractivity contribution in [2.45, 2.75) is 52.4 Å². The number of carboxylic acid groups (broad SMARTS) is 1. The highest BCUT2D eigenvalue weighted by atomic mass is 19.1. The molecule has 0 spiro atoms. The fraction of sp³-hybridized carbons (Fsp3) is 0.355. The Morgan fingerprint density at radius 3 is 2.16 bits per heavy atom. The predicted octanol–water partition coefficient (Wildman–Crippen LogP) is 6.64. The zero-order valence-corrected chi connectivity index (χ0v) is 22.0. The van der Waals surface area contributed by atoms with E-state index in [4.69, 9.17) is 9.84 Å². The van der Waals surface area contributed by atoms with Crippen LogP contribution < -0.4 is 10.1 Å². The summed E-state index contributed by atoms with van der Waals surface area (Å²) in [5, 5.41) is 11.1. The van der Waals surface area contributed by atoms with Crippen LogP contribution in [0, 0.1) is 11.7 Å². The number of nitrogens with one attached hydrogen (secondary N) is 1. The van der Waals surface area contributed by atoms with Gasteiger partial charge in [0.05, 0.1) is 13.0 Å². The third-order valence-electron chi connectivity index (χ3n) is 6.32. The van der Waals surface area contributed by atoms with E-state index in [9.17, 15) is 14.0 Å². The molecule has 6 heteroatoms. The minimum Gasteiger partial charge on any atom is -0.493 e. The summed E-state index contributed by atoms with van der Waals surface area (Å²) in [6.07, 6.45) is 1.09. The van der Waals surface area contributed by atoms with Gasteiger partial charge in [-0.15, -0.1) is 0 Å². The van der Waals surface area contributed by atoms with Crippen molar-refractivity contribution in [1.29, 1.82) is 0 Å². The Hall–Kier alpha value is -3.67. The van der Waals surface area contributed by atoms with Gasteiger partial charge in [0.15, 0.2) is 0 Å². The van der Waals surface area contributed by atoms with E-state index >= 15 is 0 Å². The summed E-state index contributed by atoms with van der Waals surface area (Å²) >= 11 is 0. The van der Waals surface area contributed by atoms with Gasteiger partial charge < -0.3 is 15.2 Å². The molecule has 0 saturated heterocycles. The lowest BCUT2D eigenvalue weighted by atomic mass is 9.86. The minimum atomic E-state index is -1.00. The van der Waals surface area contributed by atoms with E-state index in [2.05, 4.69) is 69.4 Å². The molecule has 1 atom stereocenters. The lowest BCUT2D eigenvalue weighted by Crippen LogP contribution is -2.26. The number of halogens is 1. The third-order valence-corrected chi connectivity index (χ3v) is 6.32. The van der Waals surface area contributed by atoms with Crippen molar-refractivity contribution < 1.29 is 23.8 Å². The highest BCUT2D eigenvalue weighted by Gasteiger charge is 2.14. The van der Waals surface area contributed by atoms with Crippen LogP contribution >= 0.6 is 0 Å². The van der Waals surface area contributed by atoms with E-state index in [-0.39, 0.29) is 29.9 Å². The number of carbonyl (C=O) groups is 2. The molecule has 3 aromatic carbocycles. The summed E-state index contributed by atoms with van der Waals surface area (Å²) in [4.78, 5) is 22.6. The predicted molar refractivity (Wildman–Crippen MR) is 145 cm³/mol. The lowest BCUT2D eigenvalue weighted by molar-refractivity contribution is -0.136. The lowest BCUT2D eigenvalue weighted by Gasteiger charge is -2.19. The summed E-state index contributed by atoms with van der Waals surface area (Å²) < 4.78 is 20.5. The third kappa shape index (κ3) is 8.45. The molecule has 1 amide bonds. The average molecular weight is 506 g/mol. The number of ether oxygens (including phenoxy) is 1. The number of hydrogen-bond donors (Lipinski definition) is 2. The maximum Gasteiger partial charge on any atom is 0.305 e. The highest BCUT2D eigenvalue weighted by Crippen LogP contribution is 2.27. The number of amides is 1. The second kappa shape index (κ2) is 12.5. The first-order valence-corrected chi connectivity index (χ1v) is 12.6.